The molecule has 114 valence electrons. The molecule has 0 aliphatic carbocycles. The number of likely N-dealkylation sites (N-methyl/N-ethyl adjacent to an activating group) is 1. The monoisotopic (exact) mass is 289 g/mol. The minimum Gasteiger partial charge on any atom is -0.504 e. The number of phenolic OH excluding ortho intramolecular Hbond substituents is 1. The van der Waals surface area contributed by atoms with Crippen molar-refractivity contribution in [1.29, 1.82) is 5.26 Å². The van der Waals surface area contributed by atoms with Crippen LogP contribution in [0.4, 0.5) is 0 Å². The molecule has 5 heteroatoms. The maximum absolute atomic E-state index is 9.78. The van der Waals surface area contributed by atoms with E-state index in [2.05, 4.69) is 29.8 Å². The largest absolute Gasteiger partial charge is 0.504 e. The Balaban J connectivity index is 2.22. The van der Waals surface area contributed by atoms with Gasteiger partial charge in [-0.05, 0) is 38.6 Å². The third-order valence-corrected chi connectivity index (χ3v) is 4.08. The normalized spacial score (nSPS) is 21.7. The van der Waals surface area contributed by atoms with E-state index in [0.717, 1.165) is 25.2 Å². The zero-order valence-electron chi connectivity index (χ0n) is 12.9. The Morgan fingerprint density at radius 1 is 1.48 bits per heavy atom. The van der Waals surface area contributed by atoms with E-state index in [-0.39, 0.29) is 11.8 Å². The van der Waals surface area contributed by atoms with Gasteiger partial charge in [0.1, 0.15) is 6.04 Å². The van der Waals surface area contributed by atoms with E-state index in [4.69, 9.17) is 4.74 Å². The first kappa shape index (κ1) is 15.6. The van der Waals surface area contributed by atoms with Gasteiger partial charge in [-0.3, -0.25) is 4.90 Å². The summed E-state index contributed by atoms with van der Waals surface area (Å²) in [6.45, 7) is 7.21. The van der Waals surface area contributed by atoms with Crippen molar-refractivity contribution in [3.63, 3.8) is 0 Å². The van der Waals surface area contributed by atoms with Crippen LogP contribution in [0.5, 0.6) is 11.5 Å². The second kappa shape index (κ2) is 6.79. The molecule has 21 heavy (non-hydrogen) atoms. The molecular weight excluding hydrogens is 266 g/mol. The van der Waals surface area contributed by atoms with Crippen LogP contribution in [-0.4, -0.2) is 54.2 Å². The van der Waals surface area contributed by atoms with Crippen LogP contribution in [0.25, 0.3) is 0 Å². The second-order valence-corrected chi connectivity index (χ2v) is 5.52. The lowest BCUT2D eigenvalue weighted by molar-refractivity contribution is 0.0880. The molecule has 2 atom stereocenters. The van der Waals surface area contributed by atoms with Gasteiger partial charge in [0.15, 0.2) is 11.5 Å². The van der Waals surface area contributed by atoms with Crippen molar-refractivity contribution in [2.24, 2.45) is 0 Å². The number of hydrogen-bond acceptors (Lipinski definition) is 5. The van der Waals surface area contributed by atoms with Crippen LogP contribution in [0.15, 0.2) is 18.2 Å². The fourth-order valence-electron chi connectivity index (χ4n) is 2.65. The smallest absolute Gasteiger partial charge is 0.161 e. The molecule has 1 fully saturated rings. The highest BCUT2D eigenvalue weighted by atomic mass is 16.5. The Bertz CT molecular complexity index is 527. The summed E-state index contributed by atoms with van der Waals surface area (Å²) < 4.78 is 5.41. The first-order chi connectivity index (χ1) is 10.1. The van der Waals surface area contributed by atoms with E-state index >= 15 is 0 Å². The molecule has 1 heterocycles. The summed E-state index contributed by atoms with van der Waals surface area (Å²) in [5.41, 5.74) is 0.871. The Kier molecular flexibility index (Phi) is 5.05. The predicted octanol–water partition coefficient (Wildman–Crippen LogP) is 1.99. The summed E-state index contributed by atoms with van der Waals surface area (Å²) in [5, 5.41) is 19.3. The number of ether oxygens (including phenoxy) is 1. The van der Waals surface area contributed by atoms with Crippen molar-refractivity contribution in [3.8, 4) is 17.6 Å². The van der Waals surface area contributed by atoms with Crippen LogP contribution in [0.2, 0.25) is 0 Å². The summed E-state index contributed by atoms with van der Waals surface area (Å²) in [7, 11) is 2.11. The molecule has 0 amide bonds. The highest BCUT2D eigenvalue weighted by Gasteiger charge is 2.28. The zero-order valence-corrected chi connectivity index (χ0v) is 12.9. The van der Waals surface area contributed by atoms with E-state index in [0.29, 0.717) is 18.4 Å². The van der Waals surface area contributed by atoms with Crippen molar-refractivity contribution in [2.45, 2.75) is 25.9 Å². The van der Waals surface area contributed by atoms with Crippen molar-refractivity contribution < 1.29 is 9.84 Å². The molecule has 0 aromatic heterocycles. The number of piperazine rings is 1. The number of aromatic hydroxyl groups is 1. The van der Waals surface area contributed by atoms with Gasteiger partial charge in [0.25, 0.3) is 0 Å². The predicted molar refractivity (Wildman–Crippen MR) is 81.3 cm³/mol. The number of nitriles is 1. The van der Waals surface area contributed by atoms with E-state index in [1.54, 1.807) is 18.2 Å². The molecule has 1 aromatic rings. The Labute approximate surface area is 126 Å². The maximum Gasteiger partial charge on any atom is 0.161 e. The molecule has 0 bridgehead atoms. The molecular formula is C16H23N3O2. The van der Waals surface area contributed by atoms with Gasteiger partial charge in [-0.15, -0.1) is 0 Å². The molecule has 0 radical (unpaired) electrons. The number of rotatable bonds is 4. The number of benzene rings is 1. The van der Waals surface area contributed by atoms with E-state index in [1.165, 1.54) is 0 Å². The van der Waals surface area contributed by atoms with Gasteiger partial charge in [0, 0.05) is 25.7 Å². The van der Waals surface area contributed by atoms with Crippen molar-refractivity contribution >= 4 is 0 Å². The average Bonchev–Trinajstić information content (AvgIpc) is 2.47. The zero-order chi connectivity index (χ0) is 15.4. The van der Waals surface area contributed by atoms with Gasteiger partial charge in [0.05, 0.1) is 12.7 Å². The highest BCUT2D eigenvalue weighted by molar-refractivity contribution is 5.44. The van der Waals surface area contributed by atoms with Crippen LogP contribution in [0.1, 0.15) is 25.5 Å². The van der Waals surface area contributed by atoms with Gasteiger partial charge in [-0.1, -0.05) is 6.07 Å². The topological polar surface area (TPSA) is 59.7 Å². The molecule has 5 nitrogen and oxygen atoms in total. The lowest BCUT2D eigenvalue weighted by Crippen LogP contribution is -2.50. The third-order valence-electron chi connectivity index (χ3n) is 4.08. The molecule has 1 aliphatic heterocycles. The molecule has 1 aromatic carbocycles. The van der Waals surface area contributed by atoms with Crippen LogP contribution in [0, 0.1) is 11.3 Å². The number of hydrogen-bond donors (Lipinski definition) is 1. The van der Waals surface area contributed by atoms with Crippen LogP contribution >= 0.6 is 0 Å². The Morgan fingerprint density at radius 2 is 2.24 bits per heavy atom. The molecule has 2 rings (SSSR count). The van der Waals surface area contributed by atoms with Crippen LogP contribution in [0.3, 0.4) is 0 Å². The SMILES string of the molecule is CCOc1cc(C(C#N)N2CCN(C)C(C)C2)ccc1O. The van der Waals surface area contributed by atoms with Gasteiger partial charge < -0.3 is 14.7 Å². The lowest BCUT2D eigenvalue weighted by atomic mass is 10.0. The minimum absolute atomic E-state index is 0.115. The second-order valence-electron chi connectivity index (χ2n) is 5.52. The van der Waals surface area contributed by atoms with Gasteiger partial charge in [0.2, 0.25) is 0 Å². The first-order valence-electron chi connectivity index (χ1n) is 7.36. The van der Waals surface area contributed by atoms with Crippen molar-refractivity contribution in [1.82, 2.24) is 9.80 Å². The highest BCUT2D eigenvalue weighted by Crippen LogP contribution is 2.32. The molecule has 2 unspecified atom stereocenters. The van der Waals surface area contributed by atoms with Crippen molar-refractivity contribution in [2.75, 3.05) is 33.3 Å². The van der Waals surface area contributed by atoms with Crippen molar-refractivity contribution in [3.05, 3.63) is 23.8 Å². The van der Waals surface area contributed by atoms with Gasteiger partial charge in [-0.25, -0.2) is 0 Å². The fourth-order valence-corrected chi connectivity index (χ4v) is 2.65. The quantitative estimate of drug-likeness (QED) is 0.918. The standard InChI is InChI=1S/C16H23N3O2/c1-4-21-16-9-13(5-6-15(16)20)14(10-17)19-8-7-18(3)12(2)11-19/h5-6,9,12,14,20H,4,7-8,11H2,1-3H3. The Morgan fingerprint density at radius 3 is 2.86 bits per heavy atom. The summed E-state index contributed by atoms with van der Waals surface area (Å²) >= 11 is 0. The van der Waals surface area contributed by atoms with E-state index in [1.807, 2.05) is 6.92 Å². The number of nitrogens with zero attached hydrogens (tertiary/aromatic N) is 3. The van der Waals surface area contributed by atoms with E-state index < -0.39 is 0 Å². The van der Waals surface area contributed by atoms with E-state index in [9.17, 15) is 10.4 Å². The van der Waals surface area contributed by atoms with Crippen LogP contribution < -0.4 is 4.74 Å². The summed E-state index contributed by atoms with van der Waals surface area (Å²) in [6, 6.07) is 7.68. The molecule has 1 N–H and O–H groups in total. The molecule has 1 saturated heterocycles. The van der Waals surface area contributed by atoms with Crippen LogP contribution in [-0.2, 0) is 0 Å². The summed E-state index contributed by atoms with van der Waals surface area (Å²) in [5.74, 6) is 0.557. The third kappa shape index (κ3) is 3.46. The summed E-state index contributed by atoms with van der Waals surface area (Å²) in [4.78, 5) is 4.49. The molecule has 0 spiro atoms. The molecule has 1 aliphatic rings. The first-order valence-corrected chi connectivity index (χ1v) is 7.36. The van der Waals surface area contributed by atoms with Gasteiger partial charge >= 0.3 is 0 Å². The molecule has 0 saturated carbocycles. The summed E-state index contributed by atoms with van der Waals surface area (Å²) in [6.07, 6.45) is 0. The average molecular weight is 289 g/mol. The number of phenols is 1. The minimum atomic E-state index is -0.305. The lowest BCUT2D eigenvalue weighted by Gasteiger charge is -2.39. The van der Waals surface area contributed by atoms with Gasteiger partial charge in [-0.2, -0.15) is 5.26 Å². The fraction of sp³-hybridized carbons (Fsp3) is 0.562. The Hall–Kier alpha value is -1.77. The maximum atomic E-state index is 9.78.